The summed E-state index contributed by atoms with van der Waals surface area (Å²) >= 11 is 0. The molecule has 3 aromatic rings. The minimum absolute atomic E-state index is 0.0361. The average molecular weight is 339 g/mol. The molecule has 2 aromatic heterocycles. The highest BCUT2D eigenvalue weighted by Crippen LogP contribution is 2.28. The van der Waals surface area contributed by atoms with Gasteiger partial charge in [0.2, 0.25) is 5.91 Å². The molecule has 1 N–H and O–H groups in total. The molecule has 1 aromatic carbocycles. The van der Waals surface area contributed by atoms with E-state index in [1.807, 2.05) is 54.0 Å². The van der Waals surface area contributed by atoms with Crippen LogP contribution in [-0.2, 0) is 11.2 Å². The number of methoxy groups -OCH3 is 2. The largest absolute Gasteiger partial charge is 0.493 e. The highest BCUT2D eigenvalue weighted by Gasteiger charge is 2.08. The van der Waals surface area contributed by atoms with Crippen LogP contribution in [0.2, 0.25) is 0 Å². The monoisotopic (exact) mass is 339 g/mol. The van der Waals surface area contributed by atoms with Crippen LogP contribution in [0.4, 0.5) is 5.69 Å². The number of aryl methyl sites for hydroxylation is 2. The Bertz CT molecular complexity index is 902. The van der Waals surface area contributed by atoms with Crippen molar-refractivity contribution in [1.82, 2.24) is 9.38 Å². The van der Waals surface area contributed by atoms with Crippen molar-refractivity contribution in [2.75, 3.05) is 19.5 Å². The molecule has 25 heavy (non-hydrogen) atoms. The van der Waals surface area contributed by atoms with Crippen LogP contribution in [0, 0.1) is 6.92 Å². The lowest BCUT2D eigenvalue weighted by atomic mass is 10.1. The predicted molar refractivity (Wildman–Crippen MR) is 96.4 cm³/mol. The lowest BCUT2D eigenvalue weighted by Crippen LogP contribution is -2.12. The molecule has 0 atom stereocenters. The number of aromatic nitrogens is 2. The lowest BCUT2D eigenvalue weighted by Gasteiger charge is -2.10. The second-order valence-electron chi connectivity index (χ2n) is 5.80. The van der Waals surface area contributed by atoms with Crippen LogP contribution in [0.1, 0.15) is 17.7 Å². The molecule has 0 saturated heterocycles. The molecule has 0 fully saturated rings. The molecule has 0 radical (unpaired) electrons. The van der Waals surface area contributed by atoms with Crippen LogP contribution in [0.25, 0.3) is 5.65 Å². The molecule has 130 valence electrons. The van der Waals surface area contributed by atoms with Crippen molar-refractivity contribution in [3.63, 3.8) is 0 Å². The number of benzene rings is 1. The number of hydrogen-bond acceptors (Lipinski definition) is 4. The molecule has 0 aliphatic heterocycles. The van der Waals surface area contributed by atoms with Gasteiger partial charge in [-0.05, 0) is 43.2 Å². The van der Waals surface area contributed by atoms with E-state index in [9.17, 15) is 4.79 Å². The molecule has 0 bridgehead atoms. The highest BCUT2D eigenvalue weighted by atomic mass is 16.5. The molecule has 1 amide bonds. The number of hydrogen-bond donors (Lipinski definition) is 1. The van der Waals surface area contributed by atoms with E-state index >= 15 is 0 Å². The van der Waals surface area contributed by atoms with Gasteiger partial charge in [-0.15, -0.1) is 0 Å². The fourth-order valence-corrected chi connectivity index (χ4v) is 2.71. The zero-order valence-electron chi connectivity index (χ0n) is 14.6. The normalized spacial score (nSPS) is 10.7. The Balaban J connectivity index is 1.62. The summed E-state index contributed by atoms with van der Waals surface area (Å²) in [6.45, 7) is 1.94. The van der Waals surface area contributed by atoms with E-state index in [2.05, 4.69) is 10.3 Å². The zero-order valence-corrected chi connectivity index (χ0v) is 14.6. The Hall–Kier alpha value is -3.02. The van der Waals surface area contributed by atoms with Gasteiger partial charge >= 0.3 is 0 Å². The van der Waals surface area contributed by atoms with E-state index in [0.29, 0.717) is 24.3 Å². The van der Waals surface area contributed by atoms with E-state index < -0.39 is 0 Å². The summed E-state index contributed by atoms with van der Waals surface area (Å²) in [6, 6.07) is 9.43. The van der Waals surface area contributed by atoms with Crippen LogP contribution in [0.15, 0.2) is 42.7 Å². The maximum Gasteiger partial charge on any atom is 0.224 e. The van der Waals surface area contributed by atoms with Crippen LogP contribution in [0.5, 0.6) is 11.5 Å². The maximum atomic E-state index is 12.2. The van der Waals surface area contributed by atoms with E-state index in [1.165, 1.54) is 0 Å². The number of pyridine rings is 1. The van der Waals surface area contributed by atoms with Gasteiger partial charge in [0.1, 0.15) is 5.65 Å². The molecule has 6 heteroatoms. The molecule has 0 unspecified atom stereocenters. The van der Waals surface area contributed by atoms with Gasteiger partial charge in [-0.1, -0.05) is 6.07 Å². The van der Waals surface area contributed by atoms with Crippen molar-refractivity contribution in [2.24, 2.45) is 0 Å². The summed E-state index contributed by atoms with van der Waals surface area (Å²) in [6.07, 6.45) is 4.80. The second kappa shape index (κ2) is 7.25. The van der Waals surface area contributed by atoms with Crippen LogP contribution < -0.4 is 14.8 Å². The molecule has 0 aliphatic rings. The molecular weight excluding hydrogens is 318 g/mol. The third-order valence-corrected chi connectivity index (χ3v) is 3.94. The van der Waals surface area contributed by atoms with Crippen molar-refractivity contribution in [2.45, 2.75) is 19.8 Å². The van der Waals surface area contributed by atoms with Gasteiger partial charge in [0.15, 0.2) is 11.5 Å². The van der Waals surface area contributed by atoms with Crippen molar-refractivity contribution < 1.29 is 14.3 Å². The minimum Gasteiger partial charge on any atom is -0.493 e. The summed E-state index contributed by atoms with van der Waals surface area (Å²) in [5, 5.41) is 2.92. The van der Waals surface area contributed by atoms with Gasteiger partial charge in [-0.25, -0.2) is 4.98 Å². The molecular formula is C19H21N3O3. The number of imidazole rings is 1. The topological polar surface area (TPSA) is 64.9 Å². The number of rotatable bonds is 6. The Morgan fingerprint density at radius 1 is 1.12 bits per heavy atom. The summed E-state index contributed by atoms with van der Waals surface area (Å²) in [5.41, 5.74) is 3.58. The van der Waals surface area contributed by atoms with E-state index in [0.717, 1.165) is 22.6 Å². The Morgan fingerprint density at radius 3 is 2.68 bits per heavy atom. The van der Waals surface area contributed by atoms with Gasteiger partial charge in [0.25, 0.3) is 0 Å². The predicted octanol–water partition coefficient (Wildman–Crippen LogP) is 3.23. The van der Waals surface area contributed by atoms with E-state index in [1.54, 1.807) is 14.2 Å². The smallest absolute Gasteiger partial charge is 0.224 e. The SMILES string of the molecule is COc1ccc(CCC(=O)Nc2ccc3nc(C)cn3c2)cc1OC. The number of fused-ring (bicyclic) bond motifs is 1. The molecule has 2 heterocycles. The first-order valence-electron chi connectivity index (χ1n) is 8.05. The van der Waals surface area contributed by atoms with Crippen molar-refractivity contribution in [1.29, 1.82) is 0 Å². The molecule has 0 saturated carbocycles. The van der Waals surface area contributed by atoms with E-state index in [4.69, 9.17) is 9.47 Å². The standard InChI is InChI=1S/C19H21N3O3/c1-13-11-22-12-15(6-8-18(22)20-13)21-19(23)9-5-14-4-7-16(24-2)17(10-14)25-3/h4,6-8,10-12H,5,9H2,1-3H3,(H,21,23). The number of nitrogens with one attached hydrogen (secondary N) is 1. The summed E-state index contributed by atoms with van der Waals surface area (Å²) < 4.78 is 12.4. The van der Waals surface area contributed by atoms with Crippen LogP contribution in [-0.4, -0.2) is 29.5 Å². The zero-order chi connectivity index (χ0) is 17.8. The average Bonchev–Trinajstić information content (AvgIpc) is 2.99. The van der Waals surface area contributed by atoms with Crippen molar-refractivity contribution in [3.8, 4) is 11.5 Å². The molecule has 0 spiro atoms. The fraction of sp³-hybridized carbons (Fsp3) is 0.263. The van der Waals surface area contributed by atoms with E-state index in [-0.39, 0.29) is 5.91 Å². The van der Waals surface area contributed by atoms with Crippen molar-refractivity contribution >= 4 is 17.2 Å². The number of amides is 1. The number of anilines is 1. The Labute approximate surface area is 146 Å². The van der Waals surface area contributed by atoms with Crippen molar-refractivity contribution in [3.05, 3.63) is 54.0 Å². The molecule has 3 rings (SSSR count). The van der Waals surface area contributed by atoms with Crippen LogP contribution in [0.3, 0.4) is 0 Å². The minimum atomic E-state index is -0.0361. The summed E-state index contributed by atoms with van der Waals surface area (Å²) in [4.78, 5) is 16.6. The molecule has 6 nitrogen and oxygen atoms in total. The quantitative estimate of drug-likeness (QED) is 0.749. The van der Waals surface area contributed by atoms with Gasteiger partial charge in [0.05, 0.1) is 25.6 Å². The summed E-state index contributed by atoms with van der Waals surface area (Å²) in [5.74, 6) is 1.31. The Kier molecular flexibility index (Phi) is 4.88. The van der Waals surface area contributed by atoms with Gasteiger partial charge in [0, 0.05) is 18.8 Å². The maximum absolute atomic E-state index is 12.2. The first-order chi connectivity index (χ1) is 12.1. The number of nitrogens with zero attached hydrogens (tertiary/aromatic N) is 2. The fourth-order valence-electron chi connectivity index (χ4n) is 2.71. The first kappa shape index (κ1) is 16.8. The van der Waals surface area contributed by atoms with Gasteiger partial charge in [-0.2, -0.15) is 0 Å². The molecule has 0 aliphatic carbocycles. The number of ether oxygens (including phenoxy) is 2. The lowest BCUT2D eigenvalue weighted by molar-refractivity contribution is -0.116. The van der Waals surface area contributed by atoms with Gasteiger partial charge < -0.3 is 19.2 Å². The third-order valence-electron chi connectivity index (χ3n) is 3.94. The third kappa shape index (κ3) is 3.91. The van der Waals surface area contributed by atoms with Gasteiger partial charge in [-0.3, -0.25) is 4.79 Å². The van der Waals surface area contributed by atoms with Crippen LogP contribution >= 0.6 is 0 Å². The first-order valence-corrected chi connectivity index (χ1v) is 8.05. The Morgan fingerprint density at radius 2 is 1.92 bits per heavy atom. The number of carbonyl (C=O) groups is 1. The summed E-state index contributed by atoms with van der Waals surface area (Å²) in [7, 11) is 3.20. The second-order valence-corrected chi connectivity index (χ2v) is 5.80. The number of carbonyl (C=O) groups excluding carboxylic acids is 1. The highest BCUT2D eigenvalue weighted by molar-refractivity contribution is 5.90.